The molecule has 0 spiro atoms. The van der Waals surface area contributed by atoms with Gasteiger partial charge in [0.1, 0.15) is 6.04 Å². The Bertz CT molecular complexity index is 535. The number of nitrogens with two attached hydrogens (primary N) is 1. The van der Waals surface area contributed by atoms with Crippen molar-refractivity contribution in [2.45, 2.75) is 38.3 Å². The Kier molecular flexibility index (Phi) is 3.68. The van der Waals surface area contributed by atoms with E-state index in [0.29, 0.717) is 5.82 Å². The number of hydrogen-bond donors (Lipinski definition) is 2. The maximum absolute atomic E-state index is 9.45. The first-order valence-corrected chi connectivity index (χ1v) is 6.26. The van der Waals surface area contributed by atoms with E-state index in [9.17, 15) is 5.11 Å². The predicted octanol–water partition coefficient (Wildman–Crippen LogP) is 1.78. The van der Waals surface area contributed by atoms with Crippen LogP contribution in [0.1, 0.15) is 44.1 Å². The van der Waals surface area contributed by atoms with Gasteiger partial charge in [0.15, 0.2) is 5.82 Å². The van der Waals surface area contributed by atoms with E-state index in [2.05, 4.69) is 10.1 Å². The molecule has 3 N–H and O–H groups in total. The average molecular weight is 261 g/mol. The molecule has 0 saturated carbocycles. The number of aromatic nitrogens is 2. The Hall–Kier alpha value is -1.72. The van der Waals surface area contributed by atoms with Crippen LogP contribution < -0.4 is 5.73 Å². The van der Waals surface area contributed by atoms with Gasteiger partial charge in [-0.1, -0.05) is 35.5 Å². The fourth-order valence-corrected chi connectivity index (χ4v) is 1.81. The van der Waals surface area contributed by atoms with E-state index < -0.39 is 12.1 Å². The molecule has 2 atom stereocenters. The van der Waals surface area contributed by atoms with Crippen molar-refractivity contribution in [1.82, 2.24) is 10.1 Å². The first-order chi connectivity index (χ1) is 8.93. The minimum absolute atomic E-state index is 0.258. The van der Waals surface area contributed by atoms with Crippen molar-refractivity contribution < 1.29 is 9.63 Å². The summed E-state index contributed by atoms with van der Waals surface area (Å²) in [5.74, 6) is 0.818. The van der Waals surface area contributed by atoms with Crippen molar-refractivity contribution >= 4 is 0 Å². The highest BCUT2D eigenvalue weighted by Crippen LogP contribution is 2.29. The van der Waals surface area contributed by atoms with Gasteiger partial charge < -0.3 is 15.4 Å². The Balaban J connectivity index is 2.32. The van der Waals surface area contributed by atoms with E-state index in [4.69, 9.17) is 10.3 Å². The average Bonchev–Trinajstić information content (AvgIpc) is 2.89. The molecule has 102 valence electrons. The third-order valence-corrected chi connectivity index (χ3v) is 3.30. The summed E-state index contributed by atoms with van der Waals surface area (Å²) in [6, 6.07) is 9.28. The third-order valence-electron chi connectivity index (χ3n) is 3.30. The fourth-order valence-electron chi connectivity index (χ4n) is 1.81. The molecule has 1 aromatic carbocycles. The van der Waals surface area contributed by atoms with Crippen molar-refractivity contribution in [3.8, 4) is 0 Å². The molecule has 0 bridgehead atoms. The van der Waals surface area contributed by atoms with Crippen molar-refractivity contribution in [3.63, 3.8) is 0 Å². The summed E-state index contributed by atoms with van der Waals surface area (Å²) in [6.45, 7) is 5.63. The smallest absolute Gasteiger partial charge is 0.246 e. The molecule has 0 amide bonds. The van der Waals surface area contributed by atoms with Crippen LogP contribution in [0.15, 0.2) is 34.9 Å². The first kappa shape index (κ1) is 13.7. The Morgan fingerprint density at radius 1 is 1.26 bits per heavy atom. The topological polar surface area (TPSA) is 85.2 Å². The first-order valence-electron chi connectivity index (χ1n) is 6.26. The summed E-state index contributed by atoms with van der Waals surface area (Å²) < 4.78 is 5.15. The van der Waals surface area contributed by atoms with Crippen molar-refractivity contribution in [2.24, 2.45) is 5.73 Å². The lowest BCUT2D eigenvalue weighted by molar-refractivity contribution is 0.146. The van der Waals surface area contributed by atoms with Gasteiger partial charge in [0, 0.05) is 0 Å². The highest BCUT2D eigenvalue weighted by Gasteiger charge is 2.30. The zero-order chi connectivity index (χ0) is 14.0. The normalized spacial score (nSPS) is 15.2. The molecule has 5 nitrogen and oxygen atoms in total. The van der Waals surface area contributed by atoms with E-state index in [1.165, 1.54) is 0 Å². The fraction of sp³-hybridized carbons (Fsp3) is 0.429. The number of aliphatic hydroxyl groups is 1. The molecule has 5 heteroatoms. The second-order valence-corrected chi connectivity index (χ2v) is 5.21. The number of rotatable bonds is 4. The van der Waals surface area contributed by atoms with Crippen LogP contribution in [0.5, 0.6) is 0 Å². The number of aliphatic hydroxyl groups excluding tert-OH is 1. The molecule has 2 aromatic rings. The van der Waals surface area contributed by atoms with Crippen LogP contribution in [0, 0.1) is 0 Å². The lowest BCUT2D eigenvalue weighted by Gasteiger charge is -2.20. The van der Waals surface area contributed by atoms with Gasteiger partial charge in [-0.25, -0.2) is 0 Å². The molecule has 19 heavy (non-hydrogen) atoms. The van der Waals surface area contributed by atoms with Crippen LogP contribution >= 0.6 is 0 Å². The number of benzene rings is 1. The van der Waals surface area contributed by atoms with Gasteiger partial charge in [-0.3, -0.25) is 0 Å². The van der Waals surface area contributed by atoms with Gasteiger partial charge in [-0.05, 0) is 26.3 Å². The molecule has 1 aromatic heterocycles. The molecule has 2 rings (SSSR count). The molecule has 0 fully saturated rings. The Morgan fingerprint density at radius 2 is 1.89 bits per heavy atom. The second-order valence-electron chi connectivity index (χ2n) is 5.21. The molecular weight excluding hydrogens is 242 g/mol. The molecule has 0 radical (unpaired) electrons. The van der Waals surface area contributed by atoms with Crippen LogP contribution in [0.4, 0.5) is 0 Å². The van der Waals surface area contributed by atoms with Crippen LogP contribution in [0.25, 0.3) is 0 Å². The monoisotopic (exact) mass is 261 g/mol. The van der Waals surface area contributed by atoms with Crippen LogP contribution in [-0.4, -0.2) is 21.4 Å². The van der Waals surface area contributed by atoms with Crippen molar-refractivity contribution in [3.05, 3.63) is 47.6 Å². The quantitative estimate of drug-likeness (QED) is 0.876. The lowest BCUT2D eigenvalue weighted by atomic mass is 9.84. The number of nitrogens with zero attached hydrogens (tertiary/aromatic N) is 2. The zero-order valence-electron chi connectivity index (χ0n) is 11.4. The van der Waals surface area contributed by atoms with Gasteiger partial charge in [-0.2, -0.15) is 4.98 Å². The van der Waals surface area contributed by atoms with Crippen LogP contribution in [-0.2, 0) is 5.41 Å². The van der Waals surface area contributed by atoms with Gasteiger partial charge in [0.05, 0.1) is 11.5 Å². The van der Waals surface area contributed by atoms with E-state index >= 15 is 0 Å². The molecule has 0 aliphatic heterocycles. The van der Waals surface area contributed by atoms with Crippen molar-refractivity contribution in [2.75, 3.05) is 0 Å². The van der Waals surface area contributed by atoms with Gasteiger partial charge >= 0.3 is 0 Å². The predicted molar refractivity (Wildman–Crippen MR) is 71.5 cm³/mol. The summed E-state index contributed by atoms with van der Waals surface area (Å²) in [7, 11) is 0. The third kappa shape index (κ3) is 2.67. The maximum Gasteiger partial charge on any atom is 0.246 e. The molecule has 1 heterocycles. The maximum atomic E-state index is 9.45. The standard InChI is InChI=1S/C14H19N3O2/c1-9(18)11(15)12-16-13(17-19-12)14(2,3)10-7-5-4-6-8-10/h4-9,11,18H,15H2,1-3H3. The second kappa shape index (κ2) is 5.11. The molecule has 2 unspecified atom stereocenters. The number of hydrogen-bond acceptors (Lipinski definition) is 5. The summed E-state index contributed by atoms with van der Waals surface area (Å²) in [5, 5.41) is 13.4. The SMILES string of the molecule is CC(O)C(N)c1nc(C(C)(C)c2ccccc2)no1. The van der Waals surface area contributed by atoms with Gasteiger partial charge in [0.25, 0.3) is 0 Å². The largest absolute Gasteiger partial charge is 0.391 e. The summed E-state index contributed by atoms with van der Waals surface area (Å²) >= 11 is 0. The van der Waals surface area contributed by atoms with Crippen LogP contribution in [0.3, 0.4) is 0 Å². The minimum Gasteiger partial charge on any atom is -0.391 e. The van der Waals surface area contributed by atoms with E-state index in [1.807, 2.05) is 44.2 Å². The lowest BCUT2D eigenvalue weighted by Crippen LogP contribution is -2.24. The van der Waals surface area contributed by atoms with E-state index in [1.54, 1.807) is 6.92 Å². The van der Waals surface area contributed by atoms with Crippen molar-refractivity contribution in [1.29, 1.82) is 0 Å². The van der Waals surface area contributed by atoms with E-state index in [0.717, 1.165) is 5.56 Å². The van der Waals surface area contributed by atoms with Gasteiger partial charge in [0.2, 0.25) is 5.89 Å². The molecule has 0 aliphatic rings. The molecule has 0 saturated heterocycles. The Morgan fingerprint density at radius 3 is 2.47 bits per heavy atom. The molecule has 0 aliphatic carbocycles. The van der Waals surface area contributed by atoms with Gasteiger partial charge in [-0.15, -0.1) is 0 Å². The highest BCUT2D eigenvalue weighted by molar-refractivity contribution is 5.30. The summed E-state index contributed by atoms with van der Waals surface area (Å²) in [6.07, 6.45) is -0.729. The summed E-state index contributed by atoms with van der Waals surface area (Å²) in [5.41, 5.74) is 6.50. The zero-order valence-corrected chi connectivity index (χ0v) is 11.4. The highest BCUT2D eigenvalue weighted by atomic mass is 16.5. The summed E-state index contributed by atoms with van der Waals surface area (Å²) in [4.78, 5) is 4.32. The minimum atomic E-state index is -0.729. The molecular formula is C14H19N3O2. The Labute approximate surface area is 112 Å². The van der Waals surface area contributed by atoms with E-state index in [-0.39, 0.29) is 11.3 Å². The van der Waals surface area contributed by atoms with Crippen LogP contribution in [0.2, 0.25) is 0 Å².